The zero-order valence-corrected chi connectivity index (χ0v) is 12.3. The summed E-state index contributed by atoms with van der Waals surface area (Å²) in [6.45, 7) is 2.92. The number of aromatic nitrogens is 1. The average Bonchev–Trinajstić information content (AvgIpc) is 2.99. The van der Waals surface area contributed by atoms with E-state index in [-0.39, 0.29) is 17.9 Å². The maximum absolute atomic E-state index is 12.6. The molecule has 112 valence electrons. The van der Waals surface area contributed by atoms with Crippen LogP contribution in [-0.2, 0) is 16.1 Å². The molecule has 2 amide bonds. The average molecular weight is 289 g/mol. The van der Waals surface area contributed by atoms with Crippen LogP contribution in [0.15, 0.2) is 18.3 Å². The highest BCUT2D eigenvalue weighted by Gasteiger charge is 2.45. The zero-order valence-electron chi connectivity index (χ0n) is 12.3. The van der Waals surface area contributed by atoms with Gasteiger partial charge in [0.2, 0.25) is 17.7 Å². The number of nitrogens with zero attached hydrogens (tertiary/aromatic N) is 3. The summed E-state index contributed by atoms with van der Waals surface area (Å²) >= 11 is 0. The molecule has 6 nitrogen and oxygen atoms in total. The number of fused-ring (bicyclic) bond motifs is 1. The van der Waals surface area contributed by atoms with Crippen LogP contribution in [0.1, 0.15) is 25.3 Å². The van der Waals surface area contributed by atoms with Gasteiger partial charge in [-0.05, 0) is 31.4 Å². The van der Waals surface area contributed by atoms with Crippen LogP contribution in [-0.4, -0.2) is 52.3 Å². The normalized spacial score (nSPS) is 25.2. The number of hydrogen-bond acceptors (Lipinski definition) is 4. The molecule has 2 fully saturated rings. The molecular formula is C15H19N3O3. The minimum absolute atomic E-state index is 0.0513. The molecule has 0 radical (unpaired) electrons. The molecule has 2 saturated heterocycles. The van der Waals surface area contributed by atoms with E-state index in [9.17, 15) is 9.59 Å². The van der Waals surface area contributed by atoms with Gasteiger partial charge in [0.05, 0.1) is 7.11 Å². The van der Waals surface area contributed by atoms with Gasteiger partial charge in [-0.15, -0.1) is 0 Å². The summed E-state index contributed by atoms with van der Waals surface area (Å²) in [6, 6.07) is 2.96. The van der Waals surface area contributed by atoms with E-state index in [1.54, 1.807) is 36.1 Å². The highest BCUT2D eigenvalue weighted by molar-refractivity contribution is 5.97. The van der Waals surface area contributed by atoms with E-state index in [1.807, 2.05) is 6.07 Å². The molecule has 0 bridgehead atoms. The molecule has 0 aromatic carbocycles. The van der Waals surface area contributed by atoms with Gasteiger partial charge in [0, 0.05) is 25.4 Å². The maximum Gasteiger partial charge on any atom is 0.246 e. The van der Waals surface area contributed by atoms with E-state index < -0.39 is 6.04 Å². The monoisotopic (exact) mass is 289 g/mol. The van der Waals surface area contributed by atoms with Gasteiger partial charge in [-0.2, -0.15) is 0 Å². The van der Waals surface area contributed by atoms with Crippen LogP contribution in [0, 0.1) is 0 Å². The number of carbonyl (C=O) groups excluding carboxylic acids is 2. The molecule has 1 aromatic heterocycles. The maximum atomic E-state index is 12.6. The number of methoxy groups -OCH3 is 1. The number of amides is 2. The summed E-state index contributed by atoms with van der Waals surface area (Å²) in [5.74, 6) is 0.618. The van der Waals surface area contributed by atoms with E-state index >= 15 is 0 Å². The fourth-order valence-electron chi connectivity index (χ4n) is 3.11. The molecule has 2 atom stereocenters. The number of carbonyl (C=O) groups is 2. The van der Waals surface area contributed by atoms with E-state index in [2.05, 4.69) is 4.98 Å². The molecule has 2 unspecified atom stereocenters. The minimum Gasteiger partial charge on any atom is -0.481 e. The van der Waals surface area contributed by atoms with Gasteiger partial charge >= 0.3 is 0 Å². The lowest BCUT2D eigenvalue weighted by molar-refractivity contribution is -0.159. The first-order valence-electron chi connectivity index (χ1n) is 7.21. The smallest absolute Gasteiger partial charge is 0.246 e. The van der Waals surface area contributed by atoms with Crippen molar-refractivity contribution in [2.75, 3.05) is 13.7 Å². The first-order chi connectivity index (χ1) is 10.1. The second-order valence-corrected chi connectivity index (χ2v) is 5.54. The third-order valence-corrected chi connectivity index (χ3v) is 4.29. The van der Waals surface area contributed by atoms with E-state index in [0.717, 1.165) is 18.4 Å². The minimum atomic E-state index is -0.411. The molecule has 2 aliphatic heterocycles. The Morgan fingerprint density at radius 3 is 2.95 bits per heavy atom. The van der Waals surface area contributed by atoms with Gasteiger partial charge in [-0.3, -0.25) is 9.59 Å². The van der Waals surface area contributed by atoms with Gasteiger partial charge in [0.15, 0.2) is 0 Å². The van der Waals surface area contributed by atoms with E-state index in [4.69, 9.17) is 4.74 Å². The molecule has 0 aliphatic carbocycles. The van der Waals surface area contributed by atoms with Crippen molar-refractivity contribution in [2.24, 2.45) is 0 Å². The summed E-state index contributed by atoms with van der Waals surface area (Å²) in [4.78, 5) is 32.4. The molecule has 0 spiro atoms. The van der Waals surface area contributed by atoms with Crippen LogP contribution >= 0.6 is 0 Å². The van der Waals surface area contributed by atoms with Gasteiger partial charge in [-0.1, -0.05) is 0 Å². The first-order valence-corrected chi connectivity index (χ1v) is 7.21. The van der Waals surface area contributed by atoms with Crippen molar-refractivity contribution in [3.8, 4) is 5.88 Å². The molecule has 6 heteroatoms. The van der Waals surface area contributed by atoms with Crippen molar-refractivity contribution in [2.45, 2.75) is 38.4 Å². The highest BCUT2D eigenvalue weighted by atomic mass is 16.5. The Morgan fingerprint density at radius 1 is 1.38 bits per heavy atom. The predicted molar refractivity (Wildman–Crippen MR) is 75.5 cm³/mol. The molecule has 21 heavy (non-hydrogen) atoms. The summed E-state index contributed by atoms with van der Waals surface area (Å²) in [6.07, 6.45) is 3.33. The molecule has 3 heterocycles. The highest BCUT2D eigenvalue weighted by Crippen LogP contribution is 2.28. The molecular weight excluding hydrogens is 270 g/mol. The van der Waals surface area contributed by atoms with Gasteiger partial charge < -0.3 is 14.5 Å². The van der Waals surface area contributed by atoms with Crippen molar-refractivity contribution in [1.82, 2.24) is 14.8 Å². The van der Waals surface area contributed by atoms with E-state index in [0.29, 0.717) is 19.0 Å². The van der Waals surface area contributed by atoms with Crippen LogP contribution in [0.5, 0.6) is 5.88 Å². The number of rotatable bonds is 3. The molecule has 2 aliphatic rings. The van der Waals surface area contributed by atoms with Crippen LogP contribution < -0.4 is 4.74 Å². The lowest BCUT2D eigenvalue weighted by Crippen LogP contribution is -2.61. The van der Waals surface area contributed by atoms with E-state index in [1.165, 1.54) is 0 Å². The second-order valence-electron chi connectivity index (χ2n) is 5.54. The lowest BCUT2D eigenvalue weighted by atomic mass is 10.1. The van der Waals surface area contributed by atoms with Gasteiger partial charge in [-0.25, -0.2) is 4.98 Å². The topological polar surface area (TPSA) is 62.7 Å². The third-order valence-electron chi connectivity index (χ3n) is 4.29. The van der Waals surface area contributed by atoms with Crippen molar-refractivity contribution >= 4 is 11.8 Å². The summed E-state index contributed by atoms with van der Waals surface area (Å²) in [5, 5.41) is 0. The Hall–Kier alpha value is -2.11. The Morgan fingerprint density at radius 2 is 2.19 bits per heavy atom. The largest absolute Gasteiger partial charge is 0.481 e. The van der Waals surface area contributed by atoms with Crippen molar-refractivity contribution in [1.29, 1.82) is 0 Å². The summed E-state index contributed by atoms with van der Waals surface area (Å²) in [5.41, 5.74) is 0.918. The molecule has 1 aromatic rings. The molecule has 0 N–H and O–H groups in total. The number of ether oxygens (including phenoxy) is 1. The number of piperazine rings is 1. The first kappa shape index (κ1) is 13.9. The Labute approximate surface area is 123 Å². The van der Waals surface area contributed by atoms with Crippen LogP contribution in [0.25, 0.3) is 0 Å². The van der Waals surface area contributed by atoms with Crippen molar-refractivity contribution in [3.05, 3.63) is 23.9 Å². The Kier molecular flexibility index (Phi) is 3.53. The van der Waals surface area contributed by atoms with Crippen LogP contribution in [0.2, 0.25) is 0 Å². The summed E-state index contributed by atoms with van der Waals surface area (Å²) < 4.78 is 5.10. The quantitative estimate of drug-likeness (QED) is 0.826. The van der Waals surface area contributed by atoms with Gasteiger partial charge in [0.25, 0.3) is 0 Å². The zero-order chi connectivity index (χ0) is 15.0. The predicted octanol–water partition coefficient (Wildman–Crippen LogP) is 0.812. The van der Waals surface area contributed by atoms with Crippen molar-refractivity contribution < 1.29 is 14.3 Å². The Bertz CT molecular complexity index is 575. The molecule has 3 rings (SSSR count). The second kappa shape index (κ2) is 5.35. The fraction of sp³-hybridized carbons (Fsp3) is 0.533. The standard InChI is InChI=1S/C15H19N3O3/c1-10-14(19)17-7-3-4-12(17)15(20)18(10)9-11-5-6-16-13(8-11)21-2/h5-6,8,10,12H,3-4,7,9H2,1-2H3. The SMILES string of the molecule is COc1cc(CN2C(=O)C3CCCN3C(=O)C2C)ccn1. The van der Waals surface area contributed by atoms with Crippen LogP contribution in [0.3, 0.4) is 0 Å². The number of pyridine rings is 1. The summed E-state index contributed by atoms with van der Waals surface area (Å²) in [7, 11) is 1.56. The lowest BCUT2D eigenvalue weighted by Gasteiger charge is -2.41. The van der Waals surface area contributed by atoms with Crippen molar-refractivity contribution in [3.63, 3.8) is 0 Å². The van der Waals surface area contributed by atoms with Gasteiger partial charge in [0.1, 0.15) is 12.1 Å². The van der Waals surface area contributed by atoms with Crippen LogP contribution in [0.4, 0.5) is 0 Å². The molecule has 0 saturated carbocycles. The third kappa shape index (κ3) is 2.34. The Balaban J connectivity index is 1.83. The fourth-order valence-corrected chi connectivity index (χ4v) is 3.11. The number of hydrogen-bond donors (Lipinski definition) is 0.